The first-order chi connectivity index (χ1) is 16.4. The van der Waals surface area contributed by atoms with Gasteiger partial charge in [0, 0.05) is 50.9 Å². The van der Waals surface area contributed by atoms with Crippen molar-refractivity contribution in [2.45, 2.75) is 33.2 Å². The van der Waals surface area contributed by atoms with E-state index in [4.69, 9.17) is 21.7 Å². The van der Waals surface area contributed by atoms with E-state index in [1.54, 1.807) is 12.1 Å². The number of hydrogen-bond donors (Lipinski definition) is 1. The van der Waals surface area contributed by atoms with Crippen LogP contribution < -0.4 is 19.9 Å². The van der Waals surface area contributed by atoms with Crippen molar-refractivity contribution >= 4 is 34.7 Å². The van der Waals surface area contributed by atoms with Crippen LogP contribution in [-0.4, -0.2) is 53.3 Å². The largest absolute Gasteiger partial charge is 0.454 e. The summed E-state index contributed by atoms with van der Waals surface area (Å²) >= 11 is 5.41. The van der Waals surface area contributed by atoms with Crippen LogP contribution in [0.2, 0.25) is 0 Å². The lowest BCUT2D eigenvalue weighted by Gasteiger charge is -2.37. The second-order valence-corrected chi connectivity index (χ2v) is 9.22. The van der Waals surface area contributed by atoms with E-state index in [0.29, 0.717) is 59.6 Å². The molecule has 0 spiro atoms. The van der Waals surface area contributed by atoms with Crippen LogP contribution in [-0.2, 0) is 11.3 Å². The lowest BCUT2D eigenvalue weighted by Crippen LogP contribution is -2.49. The summed E-state index contributed by atoms with van der Waals surface area (Å²) in [6.07, 6.45) is 0.924. The summed E-state index contributed by atoms with van der Waals surface area (Å²) in [5.41, 5.74) is 4.26. The maximum absolute atomic E-state index is 13.0. The highest BCUT2D eigenvalue weighted by molar-refractivity contribution is 7.71. The number of carbonyl (C=O) groups excluding carboxylic acids is 1. The Hall–Kier alpha value is -3.33. The Morgan fingerprint density at radius 1 is 1.09 bits per heavy atom. The van der Waals surface area contributed by atoms with Crippen molar-refractivity contribution in [1.82, 2.24) is 14.5 Å². The number of aryl methyl sites for hydroxylation is 1. The fourth-order valence-corrected chi connectivity index (χ4v) is 4.95. The molecule has 0 bridgehead atoms. The smallest absolute Gasteiger partial charge is 0.262 e. The average molecular weight is 481 g/mol. The Balaban J connectivity index is 1.20. The SMILES string of the molecule is Cc1cccc(N2CCN(C(=O)CCCn3c(=S)[nH]c4cc5c(cc4c3=O)OCO5)CC2)c1C. The Kier molecular flexibility index (Phi) is 6.03. The quantitative estimate of drug-likeness (QED) is 0.563. The highest BCUT2D eigenvalue weighted by Crippen LogP contribution is 2.34. The third-order valence-corrected chi connectivity index (χ3v) is 7.12. The molecule has 9 heteroatoms. The molecule has 0 radical (unpaired) electrons. The lowest BCUT2D eigenvalue weighted by atomic mass is 10.1. The number of carbonyl (C=O) groups is 1. The number of aromatic amines is 1. The molecule has 2 aliphatic heterocycles. The molecule has 0 atom stereocenters. The number of piperazine rings is 1. The van der Waals surface area contributed by atoms with Gasteiger partial charge < -0.3 is 24.3 Å². The highest BCUT2D eigenvalue weighted by atomic mass is 32.1. The maximum atomic E-state index is 13.0. The minimum absolute atomic E-state index is 0.118. The van der Waals surface area contributed by atoms with Gasteiger partial charge in [0.2, 0.25) is 12.7 Å². The molecule has 178 valence electrons. The van der Waals surface area contributed by atoms with Gasteiger partial charge >= 0.3 is 0 Å². The Morgan fingerprint density at radius 3 is 2.59 bits per heavy atom. The predicted molar refractivity (Wildman–Crippen MR) is 133 cm³/mol. The molecule has 8 nitrogen and oxygen atoms in total. The first-order valence-corrected chi connectivity index (χ1v) is 12.0. The van der Waals surface area contributed by atoms with E-state index in [-0.39, 0.29) is 18.3 Å². The molecule has 1 amide bonds. The molecule has 1 fully saturated rings. The summed E-state index contributed by atoms with van der Waals surface area (Å²) in [5.74, 6) is 1.27. The van der Waals surface area contributed by atoms with E-state index in [1.165, 1.54) is 21.4 Å². The van der Waals surface area contributed by atoms with Crippen LogP contribution in [0.25, 0.3) is 10.9 Å². The van der Waals surface area contributed by atoms with Gasteiger partial charge in [-0.15, -0.1) is 0 Å². The number of anilines is 1. The van der Waals surface area contributed by atoms with Crippen LogP contribution in [0.15, 0.2) is 35.1 Å². The molecule has 3 aromatic rings. The van der Waals surface area contributed by atoms with Crippen molar-refractivity contribution in [3.8, 4) is 11.5 Å². The number of nitrogens with zero attached hydrogens (tertiary/aromatic N) is 3. The molecule has 5 rings (SSSR count). The molecule has 2 aromatic carbocycles. The van der Waals surface area contributed by atoms with Crippen LogP contribution in [0, 0.1) is 18.6 Å². The lowest BCUT2D eigenvalue weighted by molar-refractivity contribution is -0.131. The average Bonchev–Trinajstić information content (AvgIpc) is 3.29. The molecule has 1 saturated heterocycles. The van der Waals surface area contributed by atoms with Gasteiger partial charge in [0.05, 0.1) is 10.9 Å². The summed E-state index contributed by atoms with van der Waals surface area (Å²) in [5, 5.41) is 0.492. The Morgan fingerprint density at radius 2 is 1.82 bits per heavy atom. The fraction of sp³-hybridized carbons (Fsp3) is 0.400. The van der Waals surface area contributed by atoms with Crippen LogP contribution in [0.5, 0.6) is 11.5 Å². The first kappa shape index (κ1) is 22.5. The van der Waals surface area contributed by atoms with E-state index in [0.717, 1.165) is 13.1 Å². The number of hydrogen-bond acceptors (Lipinski definition) is 6. The van der Waals surface area contributed by atoms with E-state index in [1.807, 2.05) is 4.90 Å². The minimum Gasteiger partial charge on any atom is -0.454 e. The highest BCUT2D eigenvalue weighted by Gasteiger charge is 2.22. The Bertz CT molecular complexity index is 1370. The third-order valence-electron chi connectivity index (χ3n) is 6.80. The van der Waals surface area contributed by atoms with Gasteiger partial charge in [0.25, 0.3) is 5.56 Å². The standard InChI is InChI=1S/C25H28N4O4S/c1-16-5-3-6-20(17(16)2)27-9-11-28(12-10-27)23(30)7-4-8-29-24(31)18-13-21-22(33-15-32-21)14-19(18)26-25(29)34/h3,5-6,13-14H,4,7-12,15H2,1-2H3,(H,26,34). The van der Waals surface area contributed by atoms with Crippen molar-refractivity contribution in [2.75, 3.05) is 37.9 Å². The number of H-pyrrole nitrogens is 1. The monoisotopic (exact) mass is 480 g/mol. The van der Waals surface area contributed by atoms with Gasteiger partial charge in [-0.25, -0.2) is 0 Å². The van der Waals surface area contributed by atoms with Crippen molar-refractivity contribution in [3.63, 3.8) is 0 Å². The van der Waals surface area contributed by atoms with Crippen LogP contribution in [0.1, 0.15) is 24.0 Å². The summed E-state index contributed by atoms with van der Waals surface area (Å²) in [6, 6.07) is 9.78. The fourth-order valence-electron chi connectivity index (χ4n) is 4.67. The van der Waals surface area contributed by atoms with Gasteiger partial charge in [-0.3, -0.25) is 14.2 Å². The molecule has 1 N–H and O–H groups in total. The van der Waals surface area contributed by atoms with Crippen molar-refractivity contribution in [3.05, 3.63) is 56.6 Å². The number of amides is 1. The van der Waals surface area contributed by atoms with Gasteiger partial charge in [0.15, 0.2) is 16.3 Å². The minimum atomic E-state index is -0.188. The maximum Gasteiger partial charge on any atom is 0.262 e. The van der Waals surface area contributed by atoms with Crippen LogP contribution in [0.3, 0.4) is 0 Å². The van der Waals surface area contributed by atoms with Crippen molar-refractivity contribution in [2.24, 2.45) is 0 Å². The first-order valence-electron chi connectivity index (χ1n) is 11.6. The Labute approximate surface area is 202 Å². The van der Waals surface area contributed by atoms with Gasteiger partial charge in [-0.1, -0.05) is 12.1 Å². The number of aromatic nitrogens is 2. The molecule has 34 heavy (non-hydrogen) atoms. The topological polar surface area (TPSA) is 79.8 Å². The van der Waals surface area contributed by atoms with Crippen LogP contribution >= 0.6 is 12.2 Å². The van der Waals surface area contributed by atoms with Gasteiger partial charge in [0.1, 0.15) is 0 Å². The van der Waals surface area contributed by atoms with E-state index in [9.17, 15) is 9.59 Å². The molecule has 3 heterocycles. The molecule has 2 aliphatic rings. The van der Waals surface area contributed by atoms with E-state index < -0.39 is 0 Å². The molecular formula is C25H28N4O4S. The van der Waals surface area contributed by atoms with Crippen molar-refractivity contribution < 1.29 is 14.3 Å². The van der Waals surface area contributed by atoms with Crippen molar-refractivity contribution in [1.29, 1.82) is 0 Å². The zero-order valence-corrected chi connectivity index (χ0v) is 20.2. The van der Waals surface area contributed by atoms with E-state index >= 15 is 0 Å². The number of nitrogens with one attached hydrogen (secondary N) is 1. The number of fused-ring (bicyclic) bond motifs is 2. The third kappa shape index (κ3) is 4.16. The summed E-state index contributed by atoms with van der Waals surface area (Å²) in [6.45, 7) is 7.85. The predicted octanol–water partition coefficient (Wildman–Crippen LogP) is 3.53. The molecule has 1 aromatic heterocycles. The zero-order chi connectivity index (χ0) is 23.8. The van der Waals surface area contributed by atoms with Crippen LogP contribution in [0.4, 0.5) is 5.69 Å². The van der Waals surface area contributed by atoms with Gasteiger partial charge in [-0.2, -0.15) is 0 Å². The molecule has 0 aliphatic carbocycles. The number of ether oxygens (including phenoxy) is 2. The van der Waals surface area contributed by atoms with E-state index in [2.05, 4.69) is 41.9 Å². The zero-order valence-electron chi connectivity index (χ0n) is 19.4. The van der Waals surface area contributed by atoms with Gasteiger partial charge in [-0.05, 0) is 55.7 Å². The molecule has 0 saturated carbocycles. The summed E-state index contributed by atoms with van der Waals surface area (Å²) in [7, 11) is 0. The summed E-state index contributed by atoms with van der Waals surface area (Å²) < 4.78 is 12.6. The second kappa shape index (κ2) is 9.13. The molecule has 0 unspecified atom stereocenters. The molecular weight excluding hydrogens is 452 g/mol. The number of benzene rings is 2. The summed E-state index contributed by atoms with van der Waals surface area (Å²) in [4.78, 5) is 33.2. The second-order valence-electron chi connectivity index (χ2n) is 8.83. The number of rotatable bonds is 5. The normalized spacial score (nSPS) is 15.2.